The second-order valence-electron chi connectivity index (χ2n) is 3.13. The molecule has 0 saturated heterocycles. The Balaban J connectivity index is 2.07. The van der Waals surface area contributed by atoms with Gasteiger partial charge in [0.15, 0.2) is 0 Å². The van der Waals surface area contributed by atoms with Crippen molar-refractivity contribution in [2.75, 3.05) is 5.43 Å². The van der Waals surface area contributed by atoms with Crippen LogP contribution in [0.15, 0.2) is 35.3 Å². The summed E-state index contributed by atoms with van der Waals surface area (Å²) in [6.07, 6.45) is 1.51. The fourth-order valence-corrected chi connectivity index (χ4v) is 1.22. The number of hydrogen-bond acceptors (Lipinski definition) is 3. The van der Waals surface area contributed by atoms with Gasteiger partial charge in [-0.3, -0.25) is 15.2 Å². The van der Waals surface area contributed by atoms with E-state index in [0.717, 1.165) is 5.69 Å². The lowest BCUT2D eigenvalue weighted by molar-refractivity contribution is -0.125. The summed E-state index contributed by atoms with van der Waals surface area (Å²) in [4.78, 5) is 15.4. The van der Waals surface area contributed by atoms with E-state index in [9.17, 15) is 4.79 Å². The molecule has 1 aliphatic rings. The van der Waals surface area contributed by atoms with E-state index in [-0.39, 0.29) is 11.9 Å². The number of aliphatic imine (C=N–C) groups is 1. The van der Waals surface area contributed by atoms with Crippen LogP contribution in [0.2, 0.25) is 0 Å². The van der Waals surface area contributed by atoms with Gasteiger partial charge in [0.05, 0.1) is 5.69 Å². The van der Waals surface area contributed by atoms with Crippen molar-refractivity contribution in [3.8, 4) is 0 Å². The number of amides is 1. The molecule has 0 saturated carbocycles. The molecular weight excluding hydrogens is 178 g/mol. The molecule has 4 nitrogen and oxygen atoms in total. The summed E-state index contributed by atoms with van der Waals surface area (Å²) in [6, 6.07) is 9.25. The normalized spacial score (nSPS) is 20.2. The largest absolute Gasteiger partial charge is 0.290 e. The molecule has 0 spiro atoms. The highest BCUT2D eigenvalue weighted by molar-refractivity contribution is 5.97. The standard InChI is InChI=1S/C10H11N3O/c1-8-10(14)13(7-11-8)12-9-5-3-2-4-6-9/h2-8,12H,1H3. The van der Waals surface area contributed by atoms with Crippen LogP contribution in [0.5, 0.6) is 0 Å². The number of hydrazine groups is 1. The minimum Gasteiger partial charge on any atom is -0.290 e. The lowest BCUT2D eigenvalue weighted by Gasteiger charge is -2.15. The van der Waals surface area contributed by atoms with Crippen molar-refractivity contribution in [3.63, 3.8) is 0 Å². The Kier molecular flexibility index (Phi) is 2.18. The summed E-state index contributed by atoms with van der Waals surface area (Å²) in [5.41, 5.74) is 3.83. The van der Waals surface area contributed by atoms with Gasteiger partial charge in [0, 0.05) is 0 Å². The molecule has 0 bridgehead atoms. The zero-order valence-electron chi connectivity index (χ0n) is 7.84. The first-order valence-electron chi connectivity index (χ1n) is 4.45. The highest BCUT2D eigenvalue weighted by Crippen LogP contribution is 2.10. The average Bonchev–Trinajstić information content (AvgIpc) is 2.52. The predicted octanol–water partition coefficient (Wildman–Crippen LogP) is 1.27. The summed E-state index contributed by atoms with van der Waals surface area (Å²) in [5.74, 6) is -0.0335. The number of nitrogens with one attached hydrogen (secondary N) is 1. The Labute approximate surface area is 82.2 Å². The zero-order chi connectivity index (χ0) is 9.97. The van der Waals surface area contributed by atoms with Crippen LogP contribution in [-0.4, -0.2) is 23.3 Å². The van der Waals surface area contributed by atoms with Crippen molar-refractivity contribution >= 4 is 17.9 Å². The molecule has 1 atom stereocenters. The Morgan fingerprint density at radius 2 is 2.07 bits per heavy atom. The molecule has 1 aliphatic heterocycles. The van der Waals surface area contributed by atoms with E-state index in [1.807, 2.05) is 30.3 Å². The Morgan fingerprint density at radius 3 is 2.64 bits per heavy atom. The van der Waals surface area contributed by atoms with Crippen LogP contribution in [0.4, 0.5) is 5.69 Å². The molecular formula is C10H11N3O. The molecule has 0 aliphatic carbocycles. The molecule has 72 valence electrons. The summed E-state index contributed by atoms with van der Waals surface area (Å²) in [7, 11) is 0. The third-order valence-corrected chi connectivity index (χ3v) is 2.02. The third-order valence-electron chi connectivity index (χ3n) is 2.02. The van der Waals surface area contributed by atoms with Gasteiger partial charge in [-0.05, 0) is 19.1 Å². The molecule has 1 heterocycles. The number of rotatable bonds is 2. The molecule has 1 unspecified atom stereocenters. The molecule has 0 radical (unpaired) electrons. The van der Waals surface area contributed by atoms with Crippen LogP contribution in [0.25, 0.3) is 0 Å². The molecule has 14 heavy (non-hydrogen) atoms. The third kappa shape index (κ3) is 1.59. The van der Waals surface area contributed by atoms with E-state index < -0.39 is 0 Å². The molecule has 1 aromatic carbocycles. The van der Waals surface area contributed by atoms with Gasteiger partial charge in [-0.25, -0.2) is 5.01 Å². The van der Waals surface area contributed by atoms with Gasteiger partial charge in [-0.1, -0.05) is 18.2 Å². The maximum Gasteiger partial charge on any atom is 0.271 e. The Morgan fingerprint density at radius 1 is 1.36 bits per heavy atom. The SMILES string of the molecule is CC1N=CN(Nc2ccccc2)C1=O. The van der Waals surface area contributed by atoms with E-state index in [1.165, 1.54) is 11.3 Å². The molecule has 2 rings (SSSR count). The van der Waals surface area contributed by atoms with Crippen molar-refractivity contribution in [3.05, 3.63) is 30.3 Å². The van der Waals surface area contributed by atoms with Gasteiger partial charge in [0.1, 0.15) is 12.4 Å². The van der Waals surface area contributed by atoms with Gasteiger partial charge < -0.3 is 0 Å². The maximum absolute atomic E-state index is 11.4. The molecule has 1 N–H and O–H groups in total. The highest BCUT2D eigenvalue weighted by Gasteiger charge is 2.23. The number of carbonyl (C=O) groups is 1. The first kappa shape index (κ1) is 8.74. The van der Waals surface area contributed by atoms with Crippen LogP contribution in [0.3, 0.4) is 0 Å². The molecule has 1 amide bonds. The highest BCUT2D eigenvalue weighted by atomic mass is 16.2. The Hall–Kier alpha value is -1.84. The van der Waals surface area contributed by atoms with Crippen LogP contribution in [0.1, 0.15) is 6.92 Å². The lowest BCUT2D eigenvalue weighted by atomic mass is 10.3. The minimum absolute atomic E-state index is 0.0335. The van der Waals surface area contributed by atoms with E-state index in [2.05, 4.69) is 10.4 Å². The first-order valence-corrected chi connectivity index (χ1v) is 4.45. The van der Waals surface area contributed by atoms with E-state index >= 15 is 0 Å². The second kappa shape index (κ2) is 3.49. The maximum atomic E-state index is 11.4. The van der Waals surface area contributed by atoms with E-state index in [0.29, 0.717) is 0 Å². The van der Waals surface area contributed by atoms with Gasteiger partial charge >= 0.3 is 0 Å². The van der Waals surface area contributed by atoms with Crippen LogP contribution >= 0.6 is 0 Å². The van der Waals surface area contributed by atoms with E-state index in [1.54, 1.807) is 6.92 Å². The molecule has 0 aromatic heterocycles. The number of benzene rings is 1. The average molecular weight is 189 g/mol. The smallest absolute Gasteiger partial charge is 0.271 e. The zero-order valence-corrected chi connectivity index (χ0v) is 7.84. The topological polar surface area (TPSA) is 44.7 Å². The second-order valence-corrected chi connectivity index (χ2v) is 3.13. The number of carbonyl (C=O) groups excluding carboxylic acids is 1. The van der Waals surface area contributed by atoms with Crippen molar-refractivity contribution < 1.29 is 4.79 Å². The lowest BCUT2D eigenvalue weighted by Crippen LogP contribution is -2.34. The fourth-order valence-electron chi connectivity index (χ4n) is 1.22. The fraction of sp³-hybridized carbons (Fsp3) is 0.200. The summed E-state index contributed by atoms with van der Waals surface area (Å²) in [5, 5.41) is 1.40. The monoisotopic (exact) mass is 189 g/mol. The molecule has 1 aromatic rings. The molecule has 4 heteroatoms. The minimum atomic E-state index is -0.272. The summed E-state index contributed by atoms with van der Waals surface area (Å²) < 4.78 is 0. The van der Waals surface area contributed by atoms with Crippen LogP contribution in [0, 0.1) is 0 Å². The van der Waals surface area contributed by atoms with Crippen LogP contribution in [-0.2, 0) is 4.79 Å². The first-order chi connectivity index (χ1) is 6.77. The molecule has 0 fully saturated rings. The van der Waals surface area contributed by atoms with Gasteiger partial charge in [0.25, 0.3) is 5.91 Å². The predicted molar refractivity (Wildman–Crippen MR) is 54.9 cm³/mol. The number of hydrogen-bond donors (Lipinski definition) is 1. The van der Waals surface area contributed by atoms with Gasteiger partial charge in [-0.15, -0.1) is 0 Å². The summed E-state index contributed by atoms with van der Waals surface area (Å²) in [6.45, 7) is 1.77. The quantitative estimate of drug-likeness (QED) is 0.761. The number of nitrogens with zero attached hydrogens (tertiary/aromatic N) is 2. The Bertz CT molecular complexity index is 361. The van der Waals surface area contributed by atoms with Crippen LogP contribution < -0.4 is 5.43 Å². The van der Waals surface area contributed by atoms with Gasteiger partial charge in [0.2, 0.25) is 0 Å². The van der Waals surface area contributed by atoms with Crippen molar-refractivity contribution in [1.82, 2.24) is 5.01 Å². The summed E-state index contributed by atoms with van der Waals surface area (Å²) >= 11 is 0. The number of para-hydroxylation sites is 1. The number of anilines is 1. The van der Waals surface area contributed by atoms with E-state index in [4.69, 9.17) is 0 Å². The van der Waals surface area contributed by atoms with Crippen molar-refractivity contribution in [2.24, 2.45) is 4.99 Å². The van der Waals surface area contributed by atoms with Crippen molar-refractivity contribution in [2.45, 2.75) is 13.0 Å². The van der Waals surface area contributed by atoms with Gasteiger partial charge in [-0.2, -0.15) is 0 Å². The van der Waals surface area contributed by atoms with Crippen molar-refractivity contribution in [1.29, 1.82) is 0 Å².